The Morgan fingerprint density at radius 1 is 0.923 bits per heavy atom. The minimum Gasteiger partial charge on any atom is -0.508 e. The van der Waals surface area contributed by atoms with Crippen LogP contribution in [0.5, 0.6) is 11.5 Å². The number of aliphatic hydroxyl groups excluding tert-OH is 1. The van der Waals surface area contributed by atoms with Crippen molar-refractivity contribution < 1.29 is 28.2 Å². The normalized spacial score (nSPS) is 15.4. The quantitative estimate of drug-likeness (QED) is 0.245. The number of rotatable bonds is 11. The molecule has 1 aliphatic heterocycles. The molecule has 0 bridgehead atoms. The molecule has 1 aliphatic rings. The average Bonchev–Trinajstić information content (AvgIpc) is 2.94. The highest BCUT2D eigenvalue weighted by Gasteiger charge is 2.29. The summed E-state index contributed by atoms with van der Waals surface area (Å²) in [5.41, 5.74) is 1.14. The fourth-order valence-electron chi connectivity index (χ4n) is 4.28. The van der Waals surface area contributed by atoms with E-state index in [-0.39, 0.29) is 17.3 Å². The van der Waals surface area contributed by atoms with Gasteiger partial charge in [0, 0.05) is 31.0 Å². The zero-order valence-electron chi connectivity index (χ0n) is 21.5. The summed E-state index contributed by atoms with van der Waals surface area (Å²) in [6.07, 6.45) is 0.734. The Kier molecular flexibility index (Phi) is 9.77. The van der Waals surface area contributed by atoms with Crippen LogP contribution in [0.1, 0.15) is 12.8 Å². The first-order valence-corrected chi connectivity index (χ1v) is 14.3. The molecule has 0 unspecified atom stereocenters. The number of aromatic hydroxyl groups is 1. The predicted octanol–water partition coefficient (Wildman–Crippen LogP) is 3.47. The maximum absolute atomic E-state index is 13.1. The summed E-state index contributed by atoms with van der Waals surface area (Å²) in [6.45, 7) is 2.00. The highest BCUT2D eigenvalue weighted by molar-refractivity contribution is 7.89. The van der Waals surface area contributed by atoms with Gasteiger partial charge in [-0.05, 0) is 86.0 Å². The van der Waals surface area contributed by atoms with Gasteiger partial charge in [-0.15, -0.1) is 0 Å². The second-order valence-corrected chi connectivity index (χ2v) is 11.4. The van der Waals surface area contributed by atoms with Crippen molar-refractivity contribution in [1.82, 2.24) is 9.62 Å². The summed E-state index contributed by atoms with van der Waals surface area (Å²) in [5, 5.41) is 28.1. The van der Waals surface area contributed by atoms with Crippen molar-refractivity contribution in [3.63, 3.8) is 0 Å². The summed E-state index contributed by atoms with van der Waals surface area (Å²) < 4.78 is 33.3. The molecule has 39 heavy (non-hydrogen) atoms. The summed E-state index contributed by atoms with van der Waals surface area (Å²) in [6, 6.07) is 21.1. The van der Waals surface area contributed by atoms with Crippen LogP contribution in [0.15, 0.2) is 83.8 Å². The molecule has 1 fully saturated rings. The first kappa shape index (κ1) is 28.4. The van der Waals surface area contributed by atoms with Gasteiger partial charge in [0.1, 0.15) is 24.2 Å². The van der Waals surface area contributed by atoms with Crippen molar-refractivity contribution in [2.75, 3.05) is 43.4 Å². The van der Waals surface area contributed by atoms with E-state index < -0.39 is 22.2 Å². The Bertz CT molecular complexity index is 1300. The highest BCUT2D eigenvalue weighted by atomic mass is 32.2. The van der Waals surface area contributed by atoms with Gasteiger partial charge in [0.05, 0.1) is 4.90 Å². The van der Waals surface area contributed by atoms with E-state index in [4.69, 9.17) is 4.74 Å². The molecule has 1 heterocycles. The van der Waals surface area contributed by atoms with Gasteiger partial charge in [0.15, 0.2) is 0 Å². The first-order valence-electron chi connectivity index (χ1n) is 12.8. The van der Waals surface area contributed by atoms with Gasteiger partial charge in [0.2, 0.25) is 10.0 Å². The summed E-state index contributed by atoms with van der Waals surface area (Å²) in [4.78, 5) is 12.4. The van der Waals surface area contributed by atoms with Crippen molar-refractivity contribution in [2.24, 2.45) is 5.92 Å². The third-order valence-electron chi connectivity index (χ3n) is 6.45. The molecular weight excluding hydrogens is 520 g/mol. The number of urea groups is 1. The fraction of sp³-hybridized carbons (Fsp3) is 0.321. The van der Waals surface area contributed by atoms with Crippen molar-refractivity contribution in [1.29, 1.82) is 0 Å². The van der Waals surface area contributed by atoms with E-state index >= 15 is 0 Å². The van der Waals surface area contributed by atoms with Crippen LogP contribution in [0, 0.1) is 5.92 Å². The number of phenols is 1. The number of carbonyl (C=O) groups is 1. The van der Waals surface area contributed by atoms with Gasteiger partial charge < -0.3 is 30.9 Å². The molecule has 3 aromatic carbocycles. The molecule has 2 amide bonds. The SMILES string of the molecule is O=C(Nc1ccccc1)Nc1ccc(S(=O)(=O)N2CCC(CNC[C@H](O)COc3ccc(O)cc3)CC2)cc1. The number of ether oxygens (including phenoxy) is 1. The lowest BCUT2D eigenvalue weighted by Gasteiger charge is -2.31. The molecular formula is C28H34N4O6S. The van der Waals surface area contributed by atoms with Crippen LogP contribution >= 0.6 is 0 Å². The molecule has 5 N–H and O–H groups in total. The number of piperidine rings is 1. The number of amides is 2. The van der Waals surface area contributed by atoms with Crippen molar-refractivity contribution in [3.05, 3.63) is 78.9 Å². The van der Waals surface area contributed by atoms with E-state index in [1.807, 2.05) is 18.2 Å². The molecule has 0 saturated carbocycles. The second-order valence-electron chi connectivity index (χ2n) is 9.43. The molecule has 1 saturated heterocycles. The lowest BCUT2D eigenvalue weighted by Crippen LogP contribution is -2.42. The fourth-order valence-corrected chi connectivity index (χ4v) is 5.75. The van der Waals surface area contributed by atoms with Crippen LogP contribution in [-0.2, 0) is 10.0 Å². The van der Waals surface area contributed by atoms with E-state index in [0.717, 1.165) is 0 Å². The van der Waals surface area contributed by atoms with Gasteiger partial charge in [-0.1, -0.05) is 18.2 Å². The monoisotopic (exact) mass is 554 g/mol. The number of hydrogen-bond acceptors (Lipinski definition) is 7. The molecule has 0 aliphatic carbocycles. The largest absolute Gasteiger partial charge is 0.508 e. The Morgan fingerprint density at radius 3 is 2.18 bits per heavy atom. The predicted molar refractivity (Wildman–Crippen MR) is 149 cm³/mol. The van der Waals surface area contributed by atoms with E-state index in [0.29, 0.717) is 62.1 Å². The van der Waals surface area contributed by atoms with Crippen LogP contribution in [0.3, 0.4) is 0 Å². The van der Waals surface area contributed by atoms with Crippen molar-refractivity contribution >= 4 is 27.4 Å². The average molecular weight is 555 g/mol. The van der Waals surface area contributed by atoms with Crippen molar-refractivity contribution in [2.45, 2.75) is 23.8 Å². The number of carbonyl (C=O) groups excluding carboxylic acids is 1. The number of anilines is 2. The molecule has 3 aromatic rings. The number of hydrogen-bond donors (Lipinski definition) is 5. The van der Waals surface area contributed by atoms with Crippen molar-refractivity contribution in [3.8, 4) is 11.5 Å². The van der Waals surface area contributed by atoms with Gasteiger partial charge in [-0.25, -0.2) is 13.2 Å². The number of nitrogens with one attached hydrogen (secondary N) is 3. The molecule has 208 valence electrons. The lowest BCUT2D eigenvalue weighted by atomic mass is 9.98. The van der Waals surface area contributed by atoms with Gasteiger partial charge in [-0.2, -0.15) is 4.31 Å². The maximum Gasteiger partial charge on any atom is 0.323 e. The minimum absolute atomic E-state index is 0.125. The maximum atomic E-state index is 13.1. The smallest absolute Gasteiger partial charge is 0.323 e. The molecule has 4 rings (SSSR count). The number of benzene rings is 3. The summed E-state index contributed by atoms with van der Waals surface area (Å²) in [7, 11) is -3.64. The third kappa shape index (κ3) is 8.42. The zero-order chi connectivity index (χ0) is 27.7. The van der Waals surface area contributed by atoms with Gasteiger partial charge in [-0.3, -0.25) is 0 Å². The number of aliphatic hydroxyl groups is 1. The molecule has 0 spiro atoms. The highest BCUT2D eigenvalue weighted by Crippen LogP contribution is 2.25. The number of phenolic OH excluding ortho intramolecular Hbond substituents is 1. The Balaban J connectivity index is 1.17. The summed E-state index contributed by atoms with van der Waals surface area (Å²) >= 11 is 0. The standard InChI is InChI=1S/C28H34N4O6S/c33-24-8-10-26(11-9-24)38-20-25(34)19-29-18-21-14-16-32(17-15-21)39(36,37)27-12-6-23(7-13-27)31-28(35)30-22-4-2-1-3-5-22/h1-13,21,25,29,33-34H,14-20H2,(H2,30,31,35)/t25-/m0/s1. The Hall–Kier alpha value is -3.64. The second kappa shape index (κ2) is 13.4. The van der Waals surface area contributed by atoms with E-state index in [1.54, 1.807) is 36.4 Å². The topological polar surface area (TPSA) is 140 Å². The first-order chi connectivity index (χ1) is 18.8. The molecule has 10 nitrogen and oxygen atoms in total. The van der Waals surface area contributed by atoms with Gasteiger partial charge >= 0.3 is 6.03 Å². The Morgan fingerprint density at radius 2 is 1.54 bits per heavy atom. The molecule has 0 radical (unpaired) electrons. The number of sulfonamides is 1. The van der Waals surface area contributed by atoms with E-state index in [1.165, 1.54) is 28.6 Å². The summed E-state index contributed by atoms with van der Waals surface area (Å²) in [5.74, 6) is 1.02. The van der Waals surface area contributed by atoms with E-state index in [2.05, 4.69) is 16.0 Å². The zero-order valence-corrected chi connectivity index (χ0v) is 22.3. The van der Waals surface area contributed by atoms with Crippen LogP contribution in [0.25, 0.3) is 0 Å². The van der Waals surface area contributed by atoms with Gasteiger partial charge in [0.25, 0.3) is 0 Å². The number of nitrogens with zero attached hydrogens (tertiary/aromatic N) is 1. The molecule has 0 aromatic heterocycles. The lowest BCUT2D eigenvalue weighted by molar-refractivity contribution is 0.104. The van der Waals surface area contributed by atoms with Crippen LogP contribution < -0.4 is 20.7 Å². The van der Waals surface area contributed by atoms with Crippen LogP contribution in [0.4, 0.5) is 16.2 Å². The molecule has 1 atom stereocenters. The number of para-hydroxylation sites is 1. The Labute approximate surface area is 228 Å². The third-order valence-corrected chi connectivity index (χ3v) is 8.36. The molecule has 11 heteroatoms. The van der Waals surface area contributed by atoms with Crippen LogP contribution in [0.2, 0.25) is 0 Å². The van der Waals surface area contributed by atoms with Crippen LogP contribution in [-0.4, -0.2) is 67.9 Å². The van der Waals surface area contributed by atoms with E-state index in [9.17, 15) is 23.4 Å². The minimum atomic E-state index is -3.64.